The van der Waals surface area contributed by atoms with Gasteiger partial charge in [0, 0.05) is 25.2 Å². The summed E-state index contributed by atoms with van der Waals surface area (Å²) in [6, 6.07) is 5.50. The van der Waals surface area contributed by atoms with E-state index in [-0.39, 0.29) is 24.0 Å². The van der Waals surface area contributed by atoms with Crippen LogP contribution in [-0.2, 0) is 14.3 Å². The average Bonchev–Trinajstić information content (AvgIpc) is 3.01. The number of rotatable bonds is 5. The molecule has 1 aromatic carbocycles. The summed E-state index contributed by atoms with van der Waals surface area (Å²) in [4.78, 5) is 25.3. The smallest absolute Gasteiger partial charge is 0.254 e. The monoisotopic (exact) mass is 301 g/mol. The fourth-order valence-electron chi connectivity index (χ4n) is 3.17. The van der Waals surface area contributed by atoms with Gasteiger partial charge in [0.2, 0.25) is 0 Å². The number of nitrogens with zero attached hydrogens (tertiary/aromatic N) is 1. The van der Waals surface area contributed by atoms with Gasteiger partial charge in [-0.15, -0.1) is 0 Å². The van der Waals surface area contributed by atoms with Crippen LogP contribution in [-0.4, -0.2) is 29.9 Å². The highest BCUT2D eigenvalue weighted by Gasteiger charge is 2.40. The number of amides is 2. The molecule has 0 saturated heterocycles. The van der Waals surface area contributed by atoms with Crippen LogP contribution in [0.3, 0.4) is 0 Å². The highest BCUT2D eigenvalue weighted by molar-refractivity contribution is 6.13. The fraction of sp³-hybridized carbons (Fsp3) is 0.412. The maximum absolute atomic E-state index is 12.0. The van der Waals surface area contributed by atoms with E-state index in [1.165, 1.54) is 17.1 Å². The van der Waals surface area contributed by atoms with Crippen LogP contribution in [0.5, 0.6) is 5.75 Å². The predicted octanol–water partition coefficient (Wildman–Crippen LogP) is 2.53. The van der Waals surface area contributed by atoms with E-state index >= 15 is 0 Å². The third-order valence-electron chi connectivity index (χ3n) is 4.04. The summed E-state index contributed by atoms with van der Waals surface area (Å²) in [7, 11) is 0. The summed E-state index contributed by atoms with van der Waals surface area (Å²) < 4.78 is 11.3. The summed E-state index contributed by atoms with van der Waals surface area (Å²) in [6.45, 7) is 5.02. The Morgan fingerprint density at radius 3 is 2.45 bits per heavy atom. The second-order valence-corrected chi connectivity index (χ2v) is 5.30. The van der Waals surface area contributed by atoms with Crippen molar-refractivity contribution >= 4 is 11.8 Å². The van der Waals surface area contributed by atoms with Crippen molar-refractivity contribution in [1.82, 2.24) is 4.90 Å². The molecule has 5 heteroatoms. The normalized spacial score (nSPS) is 23.3. The van der Waals surface area contributed by atoms with Crippen molar-refractivity contribution in [3.05, 3.63) is 41.5 Å². The molecule has 1 aromatic rings. The van der Waals surface area contributed by atoms with Crippen LogP contribution in [0.1, 0.15) is 43.5 Å². The van der Waals surface area contributed by atoms with Gasteiger partial charge in [-0.25, -0.2) is 0 Å². The summed E-state index contributed by atoms with van der Waals surface area (Å²) in [6.07, 6.45) is 3.14. The van der Waals surface area contributed by atoms with E-state index in [1.807, 2.05) is 32.0 Å². The van der Waals surface area contributed by atoms with Crippen molar-refractivity contribution in [3.8, 4) is 5.75 Å². The Labute approximate surface area is 129 Å². The molecular formula is C17H19NO4. The largest absolute Gasteiger partial charge is 0.494 e. The first kappa shape index (κ1) is 14.8. The molecule has 0 unspecified atom stereocenters. The van der Waals surface area contributed by atoms with Gasteiger partial charge in [-0.3, -0.25) is 14.5 Å². The molecule has 0 saturated carbocycles. The Morgan fingerprint density at radius 2 is 1.82 bits per heavy atom. The van der Waals surface area contributed by atoms with Crippen LogP contribution >= 0.6 is 0 Å². The minimum atomic E-state index is -0.290. The maximum atomic E-state index is 12.0. The molecular weight excluding hydrogens is 282 g/mol. The molecule has 3 rings (SSSR count). The standard InChI is InChI=1S/C17H19NO4/c1-3-21-11-5-6-12-13(9-11)14(10-15(12)22-4-2)18-16(19)7-8-17(18)20/h5-9,14-15H,3-4,10H2,1-2H3/t14-,15-/m0/s1. The van der Waals surface area contributed by atoms with Crippen LogP contribution in [0.15, 0.2) is 30.4 Å². The van der Waals surface area contributed by atoms with Crippen LogP contribution in [0.2, 0.25) is 0 Å². The molecule has 5 nitrogen and oxygen atoms in total. The minimum Gasteiger partial charge on any atom is -0.494 e. The zero-order valence-electron chi connectivity index (χ0n) is 12.7. The number of benzene rings is 1. The van der Waals surface area contributed by atoms with Gasteiger partial charge in [-0.2, -0.15) is 0 Å². The average molecular weight is 301 g/mol. The SMILES string of the molecule is CCOc1ccc2c(c1)[C@@H](N1C(=O)C=CC1=O)C[C@@H]2OCC. The maximum Gasteiger partial charge on any atom is 0.254 e. The molecule has 22 heavy (non-hydrogen) atoms. The molecule has 1 aliphatic heterocycles. The third-order valence-corrected chi connectivity index (χ3v) is 4.04. The van der Waals surface area contributed by atoms with Gasteiger partial charge >= 0.3 is 0 Å². The van der Waals surface area contributed by atoms with E-state index in [9.17, 15) is 9.59 Å². The van der Waals surface area contributed by atoms with Crippen molar-refractivity contribution in [3.63, 3.8) is 0 Å². The van der Waals surface area contributed by atoms with E-state index in [0.717, 1.165) is 16.9 Å². The van der Waals surface area contributed by atoms with Crippen molar-refractivity contribution in [2.24, 2.45) is 0 Å². The summed E-state index contributed by atoms with van der Waals surface area (Å²) >= 11 is 0. The summed E-state index contributed by atoms with van der Waals surface area (Å²) in [5.41, 5.74) is 1.97. The number of carbonyl (C=O) groups is 2. The number of hydrogen-bond acceptors (Lipinski definition) is 4. The molecule has 1 heterocycles. The highest BCUT2D eigenvalue weighted by Crippen LogP contribution is 2.46. The van der Waals surface area contributed by atoms with E-state index in [4.69, 9.17) is 9.47 Å². The fourth-order valence-corrected chi connectivity index (χ4v) is 3.17. The number of ether oxygens (including phenoxy) is 2. The first-order valence-electron chi connectivity index (χ1n) is 7.59. The van der Waals surface area contributed by atoms with Crippen LogP contribution in [0.25, 0.3) is 0 Å². The number of imide groups is 1. The van der Waals surface area contributed by atoms with Gasteiger partial charge in [0.15, 0.2) is 0 Å². The summed E-state index contributed by atoms with van der Waals surface area (Å²) in [5.74, 6) is 0.218. The molecule has 0 N–H and O–H groups in total. The van der Waals surface area contributed by atoms with E-state index in [2.05, 4.69) is 0 Å². The molecule has 0 spiro atoms. The van der Waals surface area contributed by atoms with E-state index < -0.39 is 0 Å². The second kappa shape index (κ2) is 5.93. The van der Waals surface area contributed by atoms with Crippen molar-refractivity contribution in [1.29, 1.82) is 0 Å². The van der Waals surface area contributed by atoms with Crippen LogP contribution in [0, 0.1) is 0 Å². The van der Waals surface area contributed by atoms with Gasteiger partial charge in [0.05, 0.1) is 18.8 Å². The number of hydrogen-bond donors (Lipinski definition) is 0. The van der Waals surface area contributed by atoms with Gasteiger partial charge in [-0.1, -0.05) is 6.07 Å². The minimum absolute atomic E-state index is 0.0955. The Kier molecular flexibility index (Phi) is 3.98. The summed E-state index contributed by atoms with van der Waals surface area (Å²) in [5, 5.41) is 0. The zero-order valence-corrected chi connectivity index (χ0v) is 12.7. The topological polar surface area (TPSA) is 55.8 Å². The molecule has 2 aliphatic rings. The van der Waals surface area contributed by atoms with Gasteiger partial charge in [0.25, 0.3) is 11.8 Å². The number of fused-ring (bicyclic) bond motifs is 1. The quantitative estimate of drug-likeness (QED) is 0.784. The molecule has 0 bridgehead atoms. The number of carbonyl (C=O) groups excluding carboxylic acids is 2. The molecule has 0 aromatic heterocycles. The van der Waals surface area contributed by atoms with Gasteiger partial charge in [-0.05, 0) is 37.1 Å². The molecule has 2 amide bonds. The van der Waals surface area contributed by atoms with Crippen molar-refractivity contribution in [2.75, 3.05) is 13.2 Å². The third kappa shape index (κ3) is 2.41. The van der Waals surface area contributed by atoms with Crippen molar-refractivity contribution < 1.29 is 19.1 Å². The Bertz CT molecular complexity index is 620. The van der Waals surface area contributed by atoms with E-state index in [0.29, 0.717) is 19.6 Å². The molecule has 1 aliphatic carbocycles. The highest BCUT2D eigenvalue weighted by atomic mass is 16.5. The Morgan fingerprint density at radius 1 is 1.09 bits per heavy atom. The Hall–Kier alpha value is -2.14. The predicted molar refractivity (Wildman–Crippen MR) is 80.3 cm³/mol. The zero-order chi connectivity index (χ0) is 15.7. The molecule has 0 radical (unpaired) electrons. The van der Waals surface area contributed by atoms with Crippen LogP contribution < -0.4 is 4.74 Å². The lowest BCUT2D eigenvalue weighted by molar-refractivity contribution is -0.140. The lowest BCUT2D eigenvalue weighted by Crippen LogP contribution is -2.33. The Balaban J connectivity index is 1.98. The lowest BCUT2D eigenvalue weighted by atomic mass is 10.1. The molecule has 2 atom stereocenters. The van der Waals surface area contributed by atoms with E-state index in [1.54, 1.807) is 0 Å². The lowest BCUT2D eigenvalue weighted by Gasteiger charge is -2.23. The second-order valence-electron chi connectivity index (χ2n) is 5.30. The first-order chi connectivity index (χ1) is 10.7. The van der Waals surface area contributed by atoms with Crippen molar-refractivity contribution in [2.45, 2.75) is 32.4 Å². The molecule has 0 fully saturated rings. The first-order valence-corrected chi connectivity index (χ1v) is 7.59. The van der Waals surface area contributed by atoms with Crippen LogP contribution in [0.4, 0.5) is 0 Å². The van der Waals surface area contributed by atoms with Gasteiger partial charge < -0.3 is 9.47 Å². The van der Waals surface area contributed by atoms with Gasteiger partial charge in [0.1, 0.15) is 5.75 Å². The molecule has 116 valence electrons.